The second kappa shape index (κ2) is 4.85. The van der Waals surface area contributed by atoms with Gasteiger partial charge in [0, 0.05) is 7.05 Å². The fraction of sp³-hybridized carbons (Fsp3) is 0.143. The van der Waals surface area contributed by atoms with E-state index < -0.39 is 5.97 Å². The van der Waals surface area contributed by atoms with Gasteiger partial charge in [-0.1, -0.05) is 17.0 Å². The molecule has 0 bridgehead atoms. The van der Waals surface area contributed by atoms with Crippen molar-refractivity contribution in [2.45, 2.75) is 5.37 Å². The van der Waals surface area contributed by atoms with Gasteiger partial charge in [0.25, 0.3) is 5.91 Å². The molecule has 1 saturated heterocycles. The van der Waals surface area contributed by atoms with E-state index in [1.807, 2.05) is 0 Å². The number of aryl methyl sites for hydroxylation is 1. The van der Waals surface area contributed by atoms with Crippen molar-refractivity contribution in [2.24, 2.45) is 7.05 Å². The lowest BCUT2D eigenvalue weighted by Gasteiger charge is -2.36. The minimum atomic E-state index is -1.15. The number of rotatable bonds is 3. The number of fused-ring (bicyclic) bond motifs is 1. The zero-order chi connectivity index (χ0) is 16.1. The van der Waals surface area contributed by atoms with E-state index in [9.17, 15) is 14.7 Å². The first kappa shape index (κ1) is 13.8. The monoisotopic (exact) mass is 330 g/mol. The Hall–Kier alpha value is -2.81. The number of hydrogen-bond acceptors (Lipinski definition) is 6. The summed E-state index contributed by atoms with van der Waals surface area (Å²) in [4.78, 5) is 25.6. The van der Waals surface area contributed by atoms with E-state index in [4.69, 9.17) is 4.42 Å². The zero-order valence-electron chi connectivity index (χ0n) is 11.8. The SMILES string of the molecule is Cn1cc(C=C2C(=O)N3C(C(=O)O)=C(c4ccco4)S[C@H]23)nn1. The van der Waals surface area contributed by atoms with Gasteiger partial charge >= 0.3 is 5.97 Å². The highest BCUT2D eigenvalue weighted by Gasteiger charge is 2.53. The van der Waals surface area contributed by atoms with Crippen LogP contribution in [0.5, 0.6) is 0 Å². The summed E-state index contributed by atoms with van der Waals surface area (Å²) in [6, 6.07) is 3.35. The number of hydrogen-bond donors (Lipinski definition) is 1. The Morgan fingerprint density at radius 3 is 2.96 bits per heavy atom. The number of β-lactam (4-membered cyclic amide) rings is 1. The molecule has 116 valence electrons. The molecule has 0 aliphatic carbocycles. The van der Waals surface area contributed by atoms with Crippen LogP contribution in [0.25, 0.3) is 11.0 Å². The molecule has 1 amide bonds. The van der Waals surface area contributed by atoms with Crippen molar-refractivity contribution in [3.8, 4) is 0 Å². The van der Waals surface area contributed by atoms with Gasteiger partial charge < -0.3 is 9.52 Å². The standard InChI is InChI=1S/C14H10N4O4S/c1-17-6-7(15-16-17)5-8-12(19)18-10(14(20)21)11(23-13(8)18)9-3-2-4-22-9/h2-6,13H,1H3,(H,20,21)/t13-/m1/s1. The number of aliphatic carboxylic acids is 1. The molecule has 0 aromatic carbocycles. The molecular weight excluding hydrogens is 320 g/mol. The van der Waals surface area contributed by atoms with Crippen molar-refractivity contribution in [1.29, 1.82) is 0 Å². The summed E-state index contributed by atoms with van der Waals surface area (Å²) in [6.45, 7) is 0. The van der Waals surface area contributed by atoms with E-state index in [0.29, 0.717) is 21.9 Å². The fourth-order valence-electron chi connectivity index (χ4n) is 2.54. The number of nitrogens with zero attached hydrogens (tertiary/aromatic N) is 4. The molecule has 0 unspecified atom stereocenters. The van der Waals surface area contributed by atoms with Crippen LogP contribution < -0.4 is 0 Å². The van der Waals surface area contributed by atoms with Crippen LogP contribution in [0.2, 0.25) is 0 Å². The number of carboxylic acids is 1. The molecule has 23 heavy (non-hydrogen) atoms. The highest BCUT2D eigenvalue weighted by Crippen LogP contribution is 2.53. The lowest BCUT2D eigenvalue weighted by Crippen LogP contribution is -2.51. The minimum absolute atomic E-state index is 0.0451. The van der Waals surface area contributed by atoms with Gasteiger partial charge in [-0.2, -0.15) is 0 Å². The first-order valence-corrected chi connectivity index (χ1v) is 7.54. The molecular formula is C14H10N4O4S. The number of carbonyl (C=O) groups is 2. The largest absolute Gasteiger partial charge is 0.477 e. The average Bonchev–Trinajstić information content (AvgIpc) is 3.22. The smallest absolute Gasteiger partial charge is 0.353 e. The van der Waals surface area contributed by atoms with E-state index in [0.717, 1.165) is 0 Å². The van der Waals surface area contributed by atoms with Crippen LogP contribution in [0.3, 0.4) is 0 Å². The highest BCUT2D eigenvalue weighted by atomic mass is 32.2. The van der Waals surface area contributed by atoms with Crippen LogP contribution in [-0.2, 0) is 16.6 Å². The van der Waals surface area contributed by atoms with E-state index in [1.54, 1.807) is 31.5 Å². The number of amides is 1. The van der Waals surface area contributed by atoms with Gasteiger partial charge in [0.1, 0.15) is 22.5 Å². The predicted octanol–water partition coefficient (Wildman–Crippen LogP) is 1.16. The number of carbonyl (C=O) groups excluding carboxylic acids is 1. The molecule has 9 heteroatoms. The minimum Gasteiger partial charge on any atom is -0.477 e. The topological polar surface area (TPSA) is 101 Å². The Labute approximate surface area is 134 Å². The van der Waals surface area contributed by atoms with Crippen molar-refractivity contribution in [3.05, 3.63) is 47.3 Å². The molecule has 1 fully saturated rings. The molecule has 2 aromatic heterocycles. The summed E-state index contributed by atoms with van der Waals surface area (Å²) in [5, 5.41) is 16.8. The molecule has 2 aromatic rings. The van der Waals surface area contributed by atoms with Gasteiger partial charge in [-0.15, -0.1) is 5.10 Å². The van der Waals surface area contributed by atoms with Gasteiger partial charge in [-0.25, -0.2) is 4.79 Å². The van der Waals surface area contributed by atoms with Crippen LogP contribution in [0.15, 0.2) is 40.3 Å². The summed E-state index contributed by atoms with van der Waals surface area (Å²) in [7, 11) is 1.73. The Morgan fingerprint density at radius 1 is 1.52 bits per heavy atom. The lowest BCUT2D eigenvalue weighted by atomic mass is 10.0. The third kappa shape index (κ3) is 2.00. The summed E-state index contributed by atoms with van der Waals surface area (Å²) in [5.74, 6) is -1.06. The zero-order valence-corrected chi connectivity index (χ0v) is 12.6. The fourth-order valence-corrected chi connectivity index (χ4v) is 3.90. The molecule has 0 radical (unpaired) electrons. The third-order valence-electron chi connectivity index (χ3n) is 3.52. The van der Waals surface area contributed by atoms with Crippen molar-refractivity contribution in [1.82, 2.24) is 19.9 Å². The van der Waals surface area contributed by atoms with E-state index in [1.165, 1.54) is 27.6 Å². The van der Waals surface area contributed by atoms with Crippen LogP contribution in [0.1, 0.15) is 11.5 Å². The van der Waals surface area contributed by atoms with Crippen molar-refractivity contribution in [3.63, 3.8) is 0 Å². The maximum absolute atomic E-state index is 12.3. The Morgan fingerprint density at radius 2 is 2.35 bits per heavy atom. The Bertz CT molecular complexity index is 880. The molecule has 2 aliphatic heterocycles. The van der Waals surface area contributed by atoms with Gasteiger partial charge in [0.15, 0.2) is 0 Å². The summed E-state index contributed by atoms with van der Waals surface area (Å²) in [5.41, 5.74) is 1.01. The van der Waals surface area contributed by atoms with Gasteiger partial charge in [-0.3, -0.25) is 14.4 Å². The summed E-state index contributed by atoms with van der Waals surface area (Å²) in [6.07, 6.45) is 4.78. The van der Waals surface area contributed by atoms with Crippen molar-refractivity contribution < 1.29 is 19.1 Å². The van der Waals surface area contributed by atoms with Crippen LogP contribution in [-0.4, -0.2) is 42.3 Å². The quantitative estimate of drug-likeness (QED) is 0.665. The molecule has 2 aliphatic rings. The molecule has 0 spiro atoms. The normalized spacial score (nSPS) is 21.8. The number of thioether (sulfide) groups is 1. The van der Waals surface area contributed by atoms with Crippen LogP contribution >= 0.6 is 11.8 Å². The number of carboxylic acid groups (broad SMARTS) is 1. The number of furan rings is 1. The van der Waals surface area contributed by atoms with Gasteiger partial charge in [0.2, 0.25) is 0 Å². The second-order valence-corrected chi connectivity index (χ2v) is 6.11. The van der Waals surface area contributed by atoms with Crippen LogP contribution in [0.4, 0.5) is 0 Å². The average molecular weight is 330 g/mol. The summed E-state index contributed by atoms with van der Waals surface area (Å²) >= 11 is 1.28. The summed E-state index contributed by atoms with van der Waals surface area (Å²) < 4.78 is 6.82. The Kier molecular flexibility index (Phi) is 2.91. The van der Waals surface area contributed by atoms with Crippen LogP contribution in [0, 0.1) is 0 Å². The highest BCUT2D eigenvalue weighted by molar-refractivity contribution is 8.09. The predicted molar refractivity (Wildman–Crippen MR) is 80.5 cm³/mol. The van der Waals surface area contributed by atoms with E-state index >= 15 is 0 Å². The molecule has 4 heterocycles. The lowest BCUT2D eigenvalue weighted by molar-refractivity contribution is -0.140. The van der Waals surface area contributed by atoms with Crippen molar-refractivity contribution >= 4 is 34.6 Å². The molecule has 8 nitrogen and oxygen atoms in total. The maximum Gasteiger partial charge on any atom is 0.353 e. The first-order valence-electron chi connectivity index (χ1n) is 6.66. The molecule has 1 N–H and O–H groups in total. The number of aromatic nitrogens is 3. The molecule has 0 saturated carbocycles. The van der Waals surface area contributed by atoms with Crippen molar-refractivity contribution in [2.75, 3.05) is 0 Å². The Balaban J connectivity index is 1.71. The maximum atomic E-state index is 12.3. The first-order chi connectivity index (χ1) is 11.1. The van der Waals surface area contributed by atoms with Gasteiger partial charge in [0.05, 0.1) is 22.9 Å². The molecule has 4 rings (SSSR count). The molecule has 1 atom stereocenters. The van der Waals surface area contributed by atoms with E-state index in [-0.39, 0.29) is 17.0 Å². The third-order valence-corrected chi connectivity index (χ3v) is 4.84. The van der Waals surface area contributed by atoms with E-state index in [2.05, 4.69) is 10.3 Å². The van der Waals surface area contributed by atoms with Gasteiger partial charge in [-0.05, 0) is 18.2 Å². The second-order valence-electron chi connectivity index (χ2n) is 5.02.